The third-order valence-electron chi connectivity index (χ3n) is 5.79. The number of nitro benzene ring substituents is 1. The van der Waals surface area contributed by atoms with Crippen molar-refractivity contribution in [2.75, 3.05) is 27.4 Å². The summed E-state index contributed by atoms with van der Waals surface area (Å²) in [5.74, 6) is 0.713. The normalized spacial score (nSPS) is 14.8. The zero-order valence-corrected chi connectivity index (χ0v) is 18.7. The van der Waals surface area contributed by atoms with Crippen molar-refractivity contribution in [2.45, 2.75) is 12.5 Å². The average molecular weight is 466 g/mol. The number of non-ortho nitro benzene ring substituents is 1. The first-order valence-corrected chi connectivity index (χ1v) is 10.6. The SMILES string of the molecule is COc1cc2c(cc1OC)[C@@H](COc1ccc([N+](=O)[O-])cc1)N(C(=O)c1cccc(F)c1)CC2. The van der Waals surface area contributed by atoms with Crippen LogP contribution in [0.4, 0.5) is 10.1 Å². The monoisotopic (exact) mass is 466 g/mol. The van der Waals surface area contributed by atoms with E-state index in [1.807, 2.05) is 12.1 Å². The number of nitrogens with zero attached hydrogens (tertiary/aromatic N) is 2. The number of hydrogen-bond donors (Lipinski definition) is 0. The first-order chi connectivity index (χ1) is 16.4. The average Bonchev–Trinajstić information content (AvgIpc) is 2.86. The molecule has 0 unspecified atom stereocenters. The molecule has 0 aliphatic carbocycles. The standard InChI is InChI=1S/C25H23FN2O6/c1-32-23-13-16-10-11-27(25(29)17-4-3-5-18(26)12-17)22(21(16)14-24(23)33-2)15-34-20-8-6-19(7-9-20)28(30)31/h3-9,12-14,22H,10-11,15H2,1-2H3/t22-/m1/s1. The van der Waals surface area contributed by atoms with Gasteiger partial charge in [0.25, 0.3) is 11.6 Å². The van der Waals surface area contributed by atoms with Crippen molar-refractivity contribution in [1.82, 2.24) is 4.90 Å². The van der Waals surface area contributed by atoms with Gasteiger partial charge in [0, 0.05) is 24.2 Å². The molecule has 1 aliphatic heterocycles. The Morgan fingerprint density at radius 2 is 1.79 bits per heavy atom. The Kier molecular flexibility index (Phi) is 6.62. The summed E-state index contributed by atoms with van der Waals surface area (Å²) in [7, 11) is 3.09. The van der Waals surface area contributed by atoms with E-state index in [-0.39, 0.29) is 23.8 Å². The van der Waals surface area contributed by atoms with Gasteiger partial charge in [0.2, 0.25) is 0 Å². The van der Waals surface area contributed by atoms with Crippen LogP contribution in [0, 0.1) is 15.9 Å². The molecule has 4 rings (SSSR count). The quantitative estimate of drug-likeness (QED) is 0.374. The molecule has 0 fully saturated rings. The molecule has 34 heavy (non-hydrogen) atoms. The number of hydrogen-bond acceptors (Lipinski definition) is 6. The molecule has 0 radical (unpaired) electrons. The third-order valence-corrected chi connectivity index (χ3v) is 5.79. The lowest BCUT2D eigenvalue weighted by Gasteiger charge is -2.37. The van der Waals surface area contributed by atoms with Gasteiger partial charge in [-0.25, -0.2) is 4.39 Å². The Morgan fingerprint density at radius 3 is 2.44 bits per heavy atom. The highest BCUT2D eigenvalue weighted by atomic mass is 19.1. The minimum Gasteiger partial charge on any atom is -0.493 e. The largest absolute Gasteiger partial charge is 0.493 e. The highest BCUT2D eigenvalue weighted by molar-refractivity contribution is 5.94. The van der Waals surface area contributed by atoms with Crippen molar-refractivity contribution in [3.63, 3.8) is 0 Å². The molecule has 0 saturated heterocycles. The minimum atomic E-state index is -0.505. The molecular formula is C25H23FN2O6. The highest BCUT2D eigenvalue weighted by Gasteiger charge is 2.33. The smallest absolute Gasteiger partial charge is 0.269 e. The molecule has 1 heterocycles. The summed E-state index contributed by atoms with van der Waals surface area (Å²) in [6.07, 6.45) is 0.574. The molecule has 1 atom stereocenters. The van der Waals surface area contributed by atoms with E-state index >= 15 is 0 Å². The van der Waals surface area contributed by atoms with Gasteiger partial charge in [0.05, 0.1) is 25.2 Å². The lowest BCUT2D eigenvalue weighted by Crippen LogP contribution is -2.42. The maximum Gasteiger partial charge on any atom is 0.269 e. The summed E-state index contributed by atoms with van der Waals surface area (Å²) >= 11 is 0. The van der Waals surface area contributed by atoms with Crippen molar-refractivity contribution < 1.29 is 28.3 Å². The molecule has 9 heteroatoms. The summed E-state index contributed by atoms with van der Waals surface area (Å²) in [6, 6.07) is 14.5. The van der Waals surface area contributed by atoms with E-state index in [1.54, 1.807) is 18.1 Å². The Morgan fingerprint density at radius 1 is 1.09 bits per heavy atom. The van der Waals surface area contributed by atoms with Crippen LogP contribution in [-0.2, 0) is 6.42 Å². The molecule has 0 spiro atoms. The Balaban J connectivity index is 1.68. The molecular weight excluding hydrogens is 443 g/mol. The maximum absolute atomic E-state index is 13.8. The zero-order chi connectivity index (χ0) is 24.2. The van der Waals surface area contributed by atoms with Gasteiger partial charge in [0.1, 0.15) is 18.2 Å². The summed E-state index contributed by atoms with van der Waals surface area (Å²) in [6.45, 7) is 0.480. The van der Waals surface area contributed by atoms with Crippen molar-refractivity contribution in [1.29, 1.82) is 0 Å². The summed E-state index contributed by atoms with van der Waals surface area (Å²) in [5.41, 5.74) is 2.01. The summed E-state index contributed by atoms with van der Waals surface area (Å²) in [5, 5.41) is 10.9. The number of methoxy groups -OCH3 is 2. The molecule has 0 bridgehead atoms. The van der Waals surface area contributed by atoms with Gasteiger partial charge in [-0.05, 0) is 60.0 Å². The Bertz CT molecular complexity index is 1210. The molecule has 1 amide bonds. The van der Waals surface area contributed by atoms with E-state index in [9.17, 15) is 19.3 Å². The number of amides is 1. The fourth-order valence-electron chi connectivity index (χ4n) is 4.08. The first kappa shape index (κ1) is 23.0. The molecule has 0 saturated carbocycles. The molecule has 1 aliphatic rings. The fraction of sp³-hybridized carbons (Fsp3) is 0.240. The van der Waals surface area contributed by atoms with E-state index in [4.69, 9.17) is 14.2 Å². The van der Waals surface area contributed by atoms with Gasteiger partial charge in [0.15, 0.2) is 11.5 Å². The van der Waals surface area contributed by atoms with Gasteiger partial charge in [-0.3, -0.25) is 14.9 Å². The lowest BCUT2D eigenvalue weighted by molar-refractivity contribution is -0.384. The number of carbonyl (C=O) groups is 1. The molecule has 0 aromatic heterocycles. The van der Waals surface area contributed by atoms with Crippen LogP contribution in [0.15, 0.2) is 60.7 Å². The third kappa shape index (κ3) is 4.63. The van der Waals surface area contributed by atoms with Crippen molar-refractivity contribution in [2.24, 2.45) is 0 Å². The number of rotatable bonds is 7. The van der Waals surface area contributed by atoms with Gasteiger partial charge >= 0.3 is 0 Å². The van der Waals surface area contributed by atoms with E-state index in [2.05, 4.69) is 0 Å². The summed E-state index contributed by atoms with van der Waals surface area (Å²) in [4.78, 5) is 25.4. The predicted molar refractivity (Wildman–Crippen MR) is 122 cm³/mol. The first-order valence-electron chi connectivity index (χ1n) is 10.6. The minimum absolute atomic E-state index is 0.0462. The van der Waals surface area contributed by atoms with Crippen LogP contribution in [-0.4, -0.2) is 43.1 Å². The van der Waals surface area contributed by atoms with Gasteiger partial charge in [-0.2, -0.15) is 0 Å². The van der Waals surface area contributed by atoms with Crippen LogP contribution in [0.25, 0.3) is 0 Å². The van der Waals surface area contributed by atoms with Gasteiger partial charge in [-0.15, -0.1) is 0 Å². The number of carbonyl (C=O) groups excluding carboxylic acids is 1. The van der Waals surface area contributed by atoms with E-state index in [1.165, 1.54) is 49.6 Å². The second kappa shape index (κ2) is 9.78. The topological polar surface area (TPSA) is 91.1 Å². The summed E-state index contributed by atoms with van der Waals surface area (Å²) < 4.78 is 30.6. The van der Waals surface area contributed by atoms with Gasteiger partial charge < -0.3 is 19.1 Å². The van der Waals surface area contributed by atoms with Crippen molar-refractivity contribution in [3.05, 3.63) is 93.3 Å². The van der Waals surface area contributed by atoms with Crippen LogP contribution in [0.3, 0.4) is 0 Å². The van der Waals surface area contributed by atoms with Crippen LogP contribution in [0.1, 0.15) is 27.5 Å². The number of ether oxygens (including phenoxy) is 3. The number of nitro groups is 1. The fourth-order valence-corrected chi connectivity index (χ4v) is 4.08. The zero-order valence-electron chi connectivity index (χ0n) is 18.7. The second-order valence-electron chi connectivity index (χ2n) is 7.74. The van der Waals surface area contributed by atoms with E-state index in [0.29, 0.717) is 30.2 Å². The number of fused-ring (bicyclic) bond motifs is 1. The molecule has 0 N–H and O–H groups in total. The van der Waals surface area contributed by atoms with Gasteiger partial charge in [-0.1, -0.05) is 6.07 Å². The van der Waals surface area contributed by atoms with E-state index in [0.717, 1.165) is 11.1 Å². The van der Waals surface area contributed by atoms with Crippen molar-refractivity contribution >= 4 is 11.6 Å². The van der Waals surface area contributed by atoms with Crippen LogP contribution < -0.4 is 14.2 Å². The number of benzene rings is 3. The van der Waals surface area contributed by atoms with Crippen LogP contribution in [0.2, 0.25) is 0 Å². The van der Waals surface area contributed by atoms with E-state index < -0.39 is 16.8 Å². The maximum atomic E-state index is 13.8. The Labute approximate surface area is 195 Å². The molecule has 3 aromatic carbocycles. The predicted octanol–water partition coefficient (Wildman–Crippen LogP) is 4.57. The second-order valence-corrected chi connectivity index (χ2v) is 7.74. The van der Waals surface area contributed by atoms with Crippen LogP contribution in [0.5, 0.6) is 17.2 Å². The molecule has 176 valence electrons. The molecule has 3 aromatic rings. The Hall–Kier alpha value is -4.14. The van der Waals surface area contributed by atoms with Crippen molar-refractivity contribution in [3.8, 4) is 17.2 Å². The van der Waals surface area contributed by atoms with Crippen LogP contribution >= 0.6 is 0 Å². The molecule has 8 nitrogen and oxygen atoms in total. The number of halogens is 1. The highest BCUT2D eigenvalue weighted by Crippen LogP contribution is 2.39. The lowest BCUT2D eigenvalue weighted by atomic mass is 9.91.